The van der Waals surface area contributed by atoms with E-state index in [2.05, 4.69) is 11.9 Å². The number of carbonyl (C=O) groups excluding carboxylic acids is 2. The predicted molar refractivity (Wildman–Crippen MR) is 91.7 cm³/mol. The number of hydrogen-bond donors (Lipinski definition) is 2. The molecular weight excluding hydrogens is 288 g/mol. The Balaban J connectivity index is 2.07. The van der Waals surface area contributed by atoms with Crippen molar-refractivity contribution in [2.45, 2.75) is 51.9 Å². The normalized spacial score (nSPS) is 15.9. The van der Waals surface area contributed by atoms with Gasteiger partial charge in [-0.3, -0.25) is 9.59 Å². The third-order valence-corrected chi connectivity index (χ3v) is 4.88. The number of benzene rings is 1. The van der Waals surface area contributed by atoms with Gasteiger partial charge < -0.3 is 10.7 Å². The minimum atomic E-state index is -0.446. The van der Waals surface area contributed by atoms with Gasteiger partial charge in [-0.15, -0.1) is 0 Å². The molecule has 4 heteroatoms. The molecule has 0 unspecified atom stereocenters. The van der Waals surface area contributed by atoms with Crippen LogP contribution in [0.15, 0.2) is 18.2 Å². The van der Waals surface area contributed by atoms with E-state index in [1.54, 1.807) is 12.1 Å². The number of rotatable bonds is 5. The average Bonchev–Trinajstić information content (AvgIpc) is 2.92. The molecule has 23 heavy (non-hydrogen) atoms. The molecule has 4 nitrogen and oxygen atoms in total. The lowest BCUT2D eigenvalue weighted by Crippen LogP contribution is -2.19. The maximum Gasteiger partial charge on any atom is 0.248 e. The van der Waals surface area contributed by atoms with Gasteiger partial charge in [0.25, 0.3) is 0 Å². The third-order valence-electron chi connectivity index (χ3n) is 4.88. The predicted octanol–water partition coefficient (Wildman–Crippen LogP) is 3.98. The molecule has 1 heterocycles. The molecule has 1 fully saturated rings. The fraction of sp³-hybridized carbons (Fsp3) is 0.474. The summed E-state index contributed by atoms with van der Waals surface area (Å²) in [5.74, 6) is -0.0286. The van der Waals surface area contributed by atoms with Crippen molar-refractivity contribution in [1.82, 2.24) is 4.98 Å². The molecule has 1 amide bonds. The number of aromatic nitrogens is 1. The van der Waals surface area contributed by atoms with Crippen LogP contribution in [0.5, 0.6) is 0 Å². The van der Waals surface area contributed by atoms with E-state index >= 15 is 0 Å². The van der Waals surface area contributed by atoms with Crippen molar-refractivity contribution in [2.24, 2.45) is 11.7 Å². The summed E-state index contributed by atoms with van der Waals surface area (Å²) in [5.41, 5.74) is 8.51. The number of aromatic amines is 1. The van der Waals surface area contributed by atoms with E-state index in [-0.39, 0.29) is 11.7 Å². The highest BCUT2D eigenvalue weighted by Crippen LogP contribution is 2.32. The Morgan fingerprint density at radius 2 is 1.96 bits per heavy atom. The van der Waals surface area contributed by atoms with Gasteiger partial charge >= 0.3 is 0 Å². The van der Waals surface area contributed by atoms with E-state index in [0.29, 0.717) is 5.56 Å². The number of hydrogen-bond acceptors (Lipinski definition) is 2. The highest BCUT2D eigenvalue weighted by molar-refractivity contribution is 6.11. The summed E-state index contributed by atoms with van der Waals surface area (Å²) in [5, 5.41) is 0.925. The van der Waals surface area contributed by atoms with E-state index in [0.717, 1.165) is 60.7 Å². The van der Waals surface area contributed by atoms with Crippen LogP contribution in [-0.2, 0) is 6.42 Å². The van der Waals surface area contributed by atoms with Gasteiger partial charge in [-0.05, 0) is 31.4 Å². The number of nitrogens with two attached hydrogens (primary N) is 1. The minimum absolute atomic E-state index is 0.147. The molecule has 0 aliphatic heterocycles. The number of primary amides is 1. The van der Waals surface area contributed by atoms with Crippen LogP contribution >= 0.6 is 0 Å². The molecule has 1 aliphatic carbocycles. The van der Waals surface area contributed by atoms with Crippen molar-refractivity contribution in [3.8, 4) is 0 Å². The lowest BCUT2D eigenvalue weighted by molar-refractivity contribution is 0.0890. The van der Waals surface area contributed by atoms with Crippen LogP contribution in [0, 0.1) is 5.92 Å². The summed E-state index contributed by atoms with van der Waals surface area (Å²) in [6, 6.07) is 5.33. The molecule has 1 aromatic carbocycles. The molecule has 1 aromatic heterocycles. The van der Waals surface area contributed by atoms with Crippen molar-refractivity contribution < 1.29 is 9.59 Å². The van der Waals surface area contributed by atoms with Gasteiger partial charge in [-0.2, -0.15) is 0 Å². The number of H-pyrrole nitrogens is 1. The maximum atomic E-state index is 13.1. The summed E-state index contributed by atoms with van der Waals surface area (Å²) >= 11 is 0. The summed E-state index contributed by atoms with van der Waals surface area (Å²) < 4.78 is 0. The van der Waals surface area contributed by atoms with Crippen LogP contribution in [0.2, 0.25) is 0 Å². The van der Waals surface area contributed by atoms with Crippen molar-refractivity contribution in [3.63, 3.8) is 0 Å². The first-order valence-electron chi connectivity index (χ1n) is 8.60. The molecule has 0 spiro atoms. The van der Waals surface area contributed by atoms with Gasteiger partial charge in [0.2, 0.25) is 5.91 Å². The Morgan fingerprint density at radius 3 is 2.61 bits per heavy atom. The van der Waals surface area contributed by atoms with E-state index in [1.165, 1.54) is 6.42 Å². The number of amides is 1. The summed E-state index contributed by atoms with van der Waals surface area (Å²) in [6.07, 6.45) is 7.34. The Morgan fingerprint density at radius 1 is 1.22 bits per heavy atom. The summed E-state index contributed by atoms with van der Waals surface area (Å²) in [4.78, 5) is 27.8. The van der Waals surface area contributed by atoms with Crippen LogP contribution in [-0.4, -0.2) is 16.7 Å². The highest BCUT2D eigenvalue weighted by atomic mass is 16.1. The second-order valence-electron chi connectivity index (χ2n) is 6.55. The number of carbonyl (C=O) groups is 2. The van der Waals surface area contributed by atoms with Gasteiger partial charge in [0.05, 0.1) is 0 Å². The molecule has 3 rings (SSSR count). The average molecular weight is 312 g/mol. The molecule has 3 N–H and O–H groups in total. The molecule has 1 saturated carbocycles. The van der Waals surface area contributed by atoms with Gasteiger partial charge in [0.1, 0.15) is 0 Å². The molecule has 0 atom stereocenters. The quantitative estimate of drug-likeness (QED) is 0.819. The fourth-order valence-corrected chi connectivity index (χ4v) is 3.69. The third kappa shape index (κ3) is 3.03. The molecule has 1 aliphatic rings. The smallest absolute Gasteiger partial charge is 0.248 e. The van der Waals surface area contributed by atoms with Crippen molar-refractivity contribution in [3.05, 3.63) is 35.0 Å². The number of aryl methyl sites for hydroxylation is 1. The highest BCUT2D eigenvalue weighted by Gasteiger charge is 2.27. The topological polar surface area (TPSA) is 76.0 Å². The van der Waals surface area contributed by atoms with Crippen LogP contribution < -0.4 is 5.73 Å². The van der Waals surface area contributed by atoms with E-state index in [9.17, 15) is 9.59 Å². The lowest BCUT2D eigenvalue weighted by atomic mass is 9.83. The second-order valence-corrected chi connectivity index (χ2v) is 6.55. The van der Waals surface area contributed by atoms with Crippen molar-refractivity contribution in [1.29, 1.82) is 0 Å². The molecule has 0 saturated heterocycles. The first kappa shape index (κ1) is 15.8. The Hall–Kier alpha value is -2.10. The van der Waals surface area contributed by atoms with E-state index < -0.39 is 5.91 Å². The van der Waals surface area contributed by atoms with Crippen molar-refractivity contribution in [2.75, 3.05) is 0 Å². The Labute approximate surface area is 136 Å². The van der Waals surface area contributed by atoms with Gasteiger partial charge in [-0.1, -0.05) is 38.7 Å². The summed E-state index contributed by atoms with van der Waals surface area (Å²) in [7, 11) is 0. The van der Waals surface area contributed by atoms with Gasteiger partial charge in [0.15, 0.2) is 5.78 Å². The monoisotopic (exact) mass is 312 g/mol. The minimum Gasteiger partial charge on any atom is -0.366 e. The van der Waals surface area contributed by atoms with Crippen molar-refractivity contribution >= 4 is 22.6 Å². The van der Waals surface area contributed by atoms with Gasteiger partial charge in [-0.25, -0.2) is 0 Å². The molecule has 2 aromatic rings. The number of ketones is 1. The van der Waals surface area contributed by atoms with Crippen LogP contribution in [0.25, 0.3) is 10.9 Å². The SMILES string of the molecule is CCCc1[nH]c2cc(C(N)=O)ccc2c1C(=O)C1CCCCC1. The number of Topliss-reactive ketones (excluding diaryl/α,β-unsaturated/α-hetero) is 1. The fourth-order valence-electron chi connectivity index (χ4n) is 3.69. The van der Waals surface area contributed by atoms with Gasteiger partial charge in [0, 0.05) is 33.6 Å². The van der Waals surface area contributed by atoms with E-state index in [4.69, 9.17) is 5.73 Å². The number of nitrogens with one attached hydrogen (secondary N) is 1. The zero-order chi connectivity index (χ0) is 16.4. The second kappa shape index (κ2) is 6.57. The lowest BCUT2D eigenvalue weighted by Gasteiger charge is -2.20. The Kier molecular flexibility index (Phi) is 4.51. The standard InChI is InChI=1S/C19H24N2O2/c1-2-6-15-17(18(22)12-7-4-3-5-8-12)14-10-9-13(19(20)23)11-16(14)21-15/h9-12,21H,2-8H2,1H3,(H2,20,23). The summed E-state index contributed by atoms with van der Waals surface area (Å²) in [6.45, 7) is 2.11. The van der Waals surface area contributed by atoms with Crippen LogP contribution in [0.1, 0.15) is 71.9 Å². The first-order valence-corrected chi connectivity index (χ1v) is 8.60. The largest absolute Gasteiger partial charge is 0.366 e. The zero-order valence-electron chi connectivity index (χ0n) is 13.7. The molecule has 122 valence electrons. The molecular formula is C19H24N2O2. The van der Waals surface area contributed by atoms with E-state index in [1.807, 2.05) is 6.07 Å². The maximum absolute atomic E-state index is 13.1. The number of fused-ring (bicyclic) bond motifs is 1. The Bertz CT molecular complexity index is 739. The first-order chi connectivity index (χ1) is 11.1. The van der Waals surface area contributed by atoms with Crippen LogP contribution in [0.4, 0.5) is 0 Å². The zero-order valence-corrected chi connectivity index (χ0v) is 13.7. The van der Waals surface area contributed by atoms with Crippen LogP contribution in [0.3, 0.4) is 0 Å². The molecule has 0 radical (unpaired) electrons. The molecule has 0 bridgehead atoms.